The number of hydrogen-bond donors (Lipinski definition) is 3. The molecule has 0 amide bonds. The highest BCUT2D eigenvalue weighted by Gasteiger charge is 2.25. The molecule has 5 rings (SSSR count). The Labute approximate surface area is 180 Å². The maximum absolute atomic E-state index is 12.7. The minimum Gasteiger partial charge on any atom is -0.488 e. The summed E-state index contributed by atoms with van der Waals surface area (Å²) in [6.07, 6.45) is 4.56. The summed E-state index contributed by atoms with van der Waals surface area (Å²) >= 11 is 1.74. The zero-order valence-electron chi connectivity index (χ0n) is 17.3. The van der Waals surface area contributed by atoms with Crippen molar-refractivity contribution in [2.75, 3.05) is 39.3 Å². The average Bonchev–Trinajstić information content (AvgIpc) is 3.14. The summed E-state index contributed by atoms with van der Waals surface area (Å²) in [6.45, 7) is 7.06. The van der Waals surface area contributed by atoms with E-state index in [2.05, 4.69) is 4.98 Å². The minimum atomic E-state index is 0.0659. The van der Waals surface area contributed by atoms with E-state index in [1.165, 1.54) is 28.2 Å². The molecule has 2 aromatic heterocycles. The van der Waals surface area contributed by atoms with Crippen LogP contribution in [-0.4, -0.2) is 49.3 Å². The van der Waals surface area contributed by atoms with Crippen molar-refractivity contribution in [1.82, 2.24) is 9.97 Å². The summed E-state index contributed by atoms with van der Waals surface area (Å²) in [5.74, 6) is 1.79. The van der Waals surface area contributed by atoms with E-state index in [-0.39, 0.29) is 5.56 Å². The van der Waals surface area contributed by atoms with Crippen LogP contribution in [0.5, 0.6) is 5.75 Å². The Morgan fingerprint density at radius 2 is 1.80 bits per heavy atom. The number of rotatable bonds is 6. The lowest BCUT2D eigenvalue weighted by Gasteiger charge is -2.29. The normalized spacial score (nSPS) is 21.5. The molecule has 1 saturated heterocycles. The molecule has 0 bridgehead atoms. The first-order valence-corrected chi connectivity index (χ1v) is 12.0. The first kappa shape index (κ1) is 19.7. The van der Waals surface area contributed by atoms with Gasteiger partial charge in [0.25, 0.3) is 5.56 Å². The van der Waals surface area contributed by atoms with Crippen molar-refractivity contribution >= 4 is 21.6 Å². The number of quaternary nitrogens is 2. The Balaban J connectivity index is 1.16. The van der Waals surface area contributed by atoms with E-state index in [4.69, 9.17) is 9.72 Å². The third-order valence-corrected chi connectivity index (χ3v) is 7.61. The second-order valence-electron chi connectivity index (χ2n) is 8.49. The average molecular weight is 427 g/mol. The van der Waals surface area contributed by atoms with Crippen LogP contribution in [0.3, 0.4) is 0 Å². The molecule has 0 spiro atoms. The van der Waals surface area contributed by atoms with Crippen molar-refractivity contribution < 1.29 is 14.5 Å². The van der Waals surface area contributed by atoms with E-state index in [0.717, 1.165) is 80.5 Å². The van der Waals surface area contributed by atoms with Gasteiger partial charge in [-0.3, -0.25) is 4.79 Å². The van der Waals surface area contributed by atoms with Crippen LogP contribution in [0.1, 0.15) is 29.1 Å². The molecule has 3 N–H and O–H groups in total. The molecule has 158 valence electrons. The van der Waals surface area contributed by atoms with Crippen molar-refractivity contribution in [2.24, 2.45) is 0 Å². The number of piperazine rings is 1. The van der Waals surface area contributed by atoms with Crippen LogP contribution in [0.15, 0.2) is 35.1 Å². The molecule has 0 radical (unpaired) electrons. The molecule has 6 nitrogen and oxygen atoms in total. The molecule has 7 heteroatoms. The van der Waals surface area contributed by atoms with Gasteiger partial charge in [-0.2, -0.15) is 0 Å². The lowest BCUT2D eigenvalue weighted by molar-refractivity contribution is -1.02. The standard InChI is InChI=1S/C23H28N4O2S/c28-22-21-18-8-4-5-9-19(18)30-23(21)25-20(24-22)16-27-12-10-26(11-13-27)14-15-29-17-6-2-1-3-7-17/h1-3,6-7H,4-5,8-16H2,(H,24,25,28)/p+2. The van der Waals surface area contributed by atoms with Crippen LogP contribution in [0.4, 0.5) is 0 Å². The first-order valence-electron chi connectivity index (χ1n) is 11.1. The van der Waals surface area contributed by atoms with Gasteiger partial charge >= 0.3 is 0 Å². The Hall–Kier alpha value is -2.22. The van der Waals surface area contributed by atoms with Crippen LogP contribution in [0.2, 0.25) is 0 Å². The monoisotopic (exact) mass is 426 g/mol. The molecular formula is C23H30N4O2S+2. The fraction of sp³-hybridized carbons (Fsp3) is 0.478. The number of benzene rings is 1. The van der Waals surface area contributed by atoms with Gasteiger partial charge in [0.05, 0.1) is 5.39 Å². The number of nitrogens with one attached hydrogen (secondary N) is 3. The predicted octanol–water partition coefficient (Wildman–Crippen LogP) is 0.226. The van der Waals surface area contributed by atoms with E-state index in [1.807, 2.05) is 30.3 Å². The molecule has 1 aliphatic heterocycles. The van der Waals surface area contributed by atoms with E-state index < -0.39 is 0 Å². The molecule has 2 aliphatic rings. The summed E-state index contributed by atoms with van der Waals surface area (Å²) in [4.78, 5) is 26.1. The fourth-order valence-corrected chi connectivity index (χ4v) is 6.02. The highest BCUT2D eigenvalue weighted by Crippen LogP contribution is 2.33. The number of fused-ring (bicyclic) bond motifs is 3. The highest BCUT2D eigenvalue weighted by molar-refractivity contribution is 7.18. The van der Waals surface area contributed by atoms with Gasteiger partial charge in [0.15, 0.2) is 5.82 Å². The van der Waals surface area contributed by atoms with Crippen molar-refractivity contribution in [2.45, 2.75) is 32.2 Å². The van der Waals surface area contributed by atoms with Crippen LogP contribution < -0.4 is 20.1 Å². The molecule has 30 heavy (non-hydrogen) atoms. The third-order valence-electron chi connectivity index (χ3n) is 6.42. The molecule has 1 aromatic carbocycles. The number of hydrogen-bond acceptors (Lipinski definition) is 4. The zero-order chi connectivity index (χ0) is 20.3. The molecule has 0 unspecified atom stereocenters. The predicted molar refractivity (Wildman–Crippen MR) is 119 cm³/mol. The molecule has 3 aromatic rings. The number of nitrogens with zero attached hydrogens (tertiary/aromatic N) is 1. The van der Waals surface area contributed by atoms with Crippen molar-refractivity contribution in [3.05, 3.63) is 57.0 Å². The van der Waals surface area contributed by atoms with E-state index in [0.29, 0.717) is 0 Å². The molecule has 0 saturated carbocycles. The summed E-state index contributed by atoms with van der Waals surface area (Å²) in [5.41, 5.74) is 1.33. The van der Waals surface area contributed by atoms with Gasteiger partial charge in [-0.15, -0.1) is 11.3 Å². The maximum atomic E-state index is 12.7. The zero-order valence-corrected chi connectivity index (χ0v) is 18.2. The van der Waals surface area contributed by atoms with E-state index in [1.54, 1.807) is 16.2 Å². The SMILES string of the molecule is O=c1[nH]c(C[NH+]2CC[NH+](CCOc3ccccc3)CC2)nc2sc3c(c12)CCCC3. The van der Waals surface area contributed by atoms with E-state index >= 15 is 0 Å². The van der Waals surface area contributed by atoms with Gasteiger partial charge in [0.1, 0.15) is 56.5 Å². The van der Waals surface area contributed by atoms with Crippen LogP contribution in [0.25, 0.3) is 10.2 Å². The summed E-state index contributed by atoms with van der Waals surface area (Å²) in [5, 5.41) is 0.862. The number of thiophene rings is 1. The van der Waals surface area contributed by atoms with Crippen LogP contribution in [-0.2, 0) is 19.4 Å². The molecule has 1 fully saturated rings. The third kappa shape index (κ3) is 4.29. The highest BCUT2D eigenvalue weighted by atomic mass is 32.1. The maximum Gasteiger partial charge on any atom is 0.260 e. The van der Waals surface area contributed by atoms with Gasteiger partial charge in [-0.1, -0.05) is 18.2 Å². The lowest BCUT2D eigenvalue weighted by Crippen LogP contribution is -3.27. The van der Waals surface area contributed by atoms with E-state index in [9.17, 15) is 4.79 Å². The lowest BCUT2D eigenvalue weighted by atomic mass is 9.97. The Morgan fingerprint density at radius 1 is 1.03 bits per heavy atom. The summed E-state index contributed by atoms with van der Waals surface area (Å²) < 4.78 is 5.84. The Bertz CT molecular complexity index is 1050. The van der Waals surface area contributed by atoms with Gasteiger partial charge in [0.2, 0.25) is 0 Å². The number of ether oxygens (including phenoxy) is 1. The minimum absolute atomic E-state index is 0.0659. The van der Waals surface area contributed by atoms with Gasteiger partial charge in [-0.05, 0) is 43.4 Å². The topological polar surface area (TPSA) is 63.9 Å². The Kier molecular flexibility index (Phi) is 5.84. The second-order valence-corrected chi connectivity index (χ2v) is 9.58. The van der Waals surface area contributed by atoms with Crippen molar-refractivity contribution in [1.29, 1.82) is 0 Å². The largest absolute Gasteiger partial charge is 0.488 e. The van der Waals surface area contributed by atoms with Crippen LogP contribution in [0, 0.1) is 0 Å². The van der Waals surface area contributed by atoms with Gasteiger partial charge < -0.3 is 19.5 Å². The molecule has 0 atom stereocenters. The van der Waals surface area contributed by atoms with Gasteiger partial charge in [0, 0.05) is 4.88 Å². The van der Waals surface area contributed by atoms with Gasteiger partial charge in [-0.25, -0.2) is 4.98 Å². The second kappa shape index (κ2) is 8.88. The first-order chi connectivity index (χ1) is 14.8. The molecular weight excluding hydrogens is 396 g/mol. The molecule has 3 heterocycles. The quantitative estimate of drug-likeness (QED) is 0.529. The number of para-hydroxylation sites is 1. The molecule has 1 aliphatic carbocycles. The van der Waals surface area contributed by atoms with Crippen molar-refractivity contribution in [3.63, 3.8) is 0 Å². The number of aromatic nitrogens is 2. The number of H-pyrrole nitrogens is 1. The smallest absolute Gasteiger partial charge is 0.260 e. The summed E-state index contributed by atoms with van der Waals surface area (Å²) in [6, 6.07) is 10.0. The number of aryl methyl sites for hydroxylation is 2. The summed E-state index contributed by atoms with van der Waals surface area (Å²) in [7, 11) is 0. The van der Waals surface area contributed by atoms with Crippen LogP contribution >= 0.6 is 11.3 Å². The fourth-order valence-electron chi connectivity index (χ4n) is 4.74. The van der Waals surface area contributed by atoms with Crippen molar-refractivity contribution in [3.8, 4) is 5.75 Å². The number of aromatic amines is 1. The Morgan fingerprint density at radius 3 is 2.63 bits per heavy atom.